The van der Waals surface area contributed by atoms with Crippen LogP contribution in [0.2, 0.25) is 0 Å². The Bertz CT molecular complexity index is 683. The Labute approximate surface area is 182 Å². The summed E-state index contributed by atoms with van der Waals surface area (Å²) in [6, 6.07) is 0. The number of imidazole rings is 1. The summed E-state index contributed by atoms with van der Waals surface area (Å²) in [6.45, 7) is 6.51. The van der Waals surface area contributed by atoms with Crippen molar-refractivity contribution in [1.29, 1.82) is 0 Å². The van der Waals surface area contributed by atoms with Crippen LogP contribution in [0.4, 0.5) is 8.78 Å². The van der Waals surface area contributed by atoms with Crippen LogP contribution in [0.5, 0.6) is 0 Å². The van der Waals surface area contributed by atoms with Crippen molar-refractivity contribution >= 4 is 30.7 Å². The predicted octanol–water partition coefficient (Wildman–Crippen LogP) is 2.30. The highest BCUT2D eigenvalue weighted by Crippen LogP contribution is 2.50. The molecule has 168 valence electrons. The maximum Gasteiger partial charge on any atom is 0.319 e. The third-order valence-corrected chi connectivity index (χ3v) is 6.20. The van der Waals surface area contributed by atoms with E-state index in [1.54, 1.807) is 4.90 Å². The van der Waals surface area contributed by atoms with E-state index < -0.39 is 17.5 Å². The van der Waals surface area contributed by atoms with Crippen molar-refractivity contribution in [3.05, 3.63) is 18.2 Å². The highest BCUT2D eigenvalue weighted by Gasteiger charge is 2.63. The van der Waals surface area contributed by atoms with Gasteiger partial charge in [-0.15, -0.1) is 24.8 Å². The summed E-state index contributed by atoms with van der Waals surface area (Å²) in [4.78, 5) is 20.9. The largest absolute Gasteiger partial charge is 0.378 e. The molecule has 0 radical (unpaired) electrons. The highest BCUT2D eigenvalue weighted by molar-refractivity contribution is 5.89. The molecule has 7 nitrogen and oxygen atoms in total. The zero-order valence-corrected chi connectivity index (χ0v) is 18.6. The molecule has 1 aromatic rings. The lowest BCUT2D eigenvalue weighted by Gasteiger charge is -2.59. The number of nitrogens with two attached hydrogens (primary N) is 1. The fourth-order valence-corrected chi connectivity index (χ4v) is 4.03. The lowest BCUT2D eigenvalue weighted by atomic mass is 9.54. The number of alkyl halides is 2. The normalized spacial score (nSPS) is 26.4. The van der Waals surface area contributed by atoms with E-state index in [2.05, 4.69) is 4.98 Å². The molecule has 2 unspecified atom stereocenters. The highest BCUT2D eigenvalue weighted by atomic mass is 35.5. The van der Waals surface area contributed by atoms with Gasteiger partial charge in [-0.2, -0.15) is 8.78 Å². The molecule has 1 aliphatic carbocycles. The number of halogens is 4. The zero-order valence-electron chi connectivity index (χ0n) is 17.0. The number of nitrogens with zero attached hydrogens (tertiary/aromatic N) is 4. The Morgan fingerprint density at radius 1 is 1.31 bits per heavy atom. The van der Waals surface area contributed by atoms with Crippen molar-refractivity contribution in [2.75, 3.05) is 32.8 Å². The van der Waals surface area contributed by atoms with Gasteiger partial charge in [0.1, 0.15) is 11.4 Å². The maximum atomic E-state index is 13.0. The van der Waals surface area contributed by atoms with E-state index in [0.29, 0.717) is 51.6 Å². The molecule has 1 aromatic heterocycles. The second-order valence-electron chi connectivity index (χ2n) is 7.94. The number of carbonyl (C=O) groups is 1. The van der Waals surface area contributed by atoms with Crippen molar-refractivity contribution in [2.45, 2.75) is 51.9 Å². The van der Waals surface area contributed by atoms with Crippen LogP contribution in [-0.2, 0) is 16.1 Å². The van der Waals surface area contributed by atoms with Crippen LogP contribution in [0.15, 0.2) is 12.4 Å². The van der Waals surface area contributed by atoms with Crippen molar-refractivity contribution < 1.29 is 18.3 Å². The van der Waals surface area contributed by atoms with Crippen LogP contribution in [0, 0.1) is 5.41 Å². The van der Waals surface area contributed by atoms with Crippen LogP contribution < -0.4 is 5.73 Å². The second-order valence-corrected chi connectivity index (χ2v) is 7.94. The van der Waals surface area contributed by atoms with E-state index in [-0.39, 0.29) is 36.8 Å². The molecule has 1 saturated heterocycles. The van der Waals surface area contributed by atoms with E-state index in [1.807, 2.05) is 25.7 Å². The summed E-state index contributed by atoms with van der Waals surface area (Å²) < 4.78 is 32.5. The standard InChI is InChI=1S/C18H29F2N5O2.2ClH/c1-4-27-13-11-18(21,17(13,2)3)15(26)24-9-7-23(8-10-24)12-14-22-5-6-25(14)16(19)20;;/h5-6,13,16H,4,7-12,21H2,1-3H3;2*1H. The first kappa shape index (κ1) is 26.0. The fourth-order valence-electron chi connectivity index (χ4n) is 4.03. The molecule has 0 aromatic carbocycles. The summed E-state index contributed by atoms with van der Waals surface area (Å²) >= 11 is 0. The SMILES string of the molecule is CCOC1CC(N)(C(=O)N2CCN(Cc3nccn3C(F)F)CC2)C1(C)C.Cl.Cl. The van der Waals surface area contributed by atoms with Crippen LogP contribution in [0.3, 0.4) is 0 Å². The second kappa shape index (κ2) is 9.87. The van der Waals surface area contributed by atoms with Gasteiger partial charge in [0.05, 0.1) is 12.6 Å². The first-order chi connectivity index (χ1) is 12.7. The molecule has 2 fully saturated rings. The van der Waals surface area contributed by atoms with Crippen molar-refractivity contribution in [1.82, 2.24) is 19.4 Å². The van der Waals surface area contributed by atoms with E-state index in [1.165, 1.54) is 12.4 Å². The van der Waals surface area contributed by atoms with Crippen LogP contribution in [-0.4, -0.2) is 69.7 Å². The Balaban J connectivity index is 0.00000210. The summed E-state index contributed by atoms with van der Waals surface area (Å²) in [5.74, 6) is 0.289. The minimum atomic E-state index is -2.60. The molecule has 0 bridgehead atoms. The van der Waals surface area contributed by atoms with Crippen molar-refractivity contribution in [2.24, 2.45) is 11.1 Å². The number of aromatic nitrogens is 2. The van der Waals surface area contributed by atoms with E-state index in [4.69, 9.17) is 10.5 Å². The average Bonchev–Trinajstić information content (AvgIpc) is 3.10. The molecular formula is C18H31Cl2F2N5O2. The number of carbonyl (C=O) groups excluding carboxylic acids is 1. The van der Waals surface area contributed by atoms with Gasteiger partial charge in [-0.05, 0) is 6.92 Å². The molecule has 2 atom stereocenters. The minimum Gasteiger partial charge on any atom is -0.378 e. The van der Waals surface area contributed by atoms with Gasteiger partial charge in [0.2, 0.25) is 5.91 Å². The Hall–Kier alpha value is -1.00. The number of piperazine rings is 1. The van der Waals surface area contributed by atoms with Crippen LogP contribution >= 0.6 is 24.8 Å². The molecule has 2 heterocycles. The third kappa shape index (κ3) is 4.69. The molecule has 3 rings (SSSR count). The lowest BCUT2D eigenvalue weighted by molar-refractivity contribution is -0.180. The quantitative estimate of drug-likeness (QED) is 0.708. The third-order valence-electron chi connectivity index (χ3n) is 6.20. The summed E-state index contributed by atoms with van der Waals surface area (Å²) in [5.41, 5.74) is 5.16. The van der Waals surface area contributed by atoms with Gasteiger partial charge in [0.25, 0.3) is 0 Å². The van der Waals surface area contributed by atoms with E-state index in [9.17, 15) is 13.6 Å². The van der Waals surface area contributed by atoms with Gasteiger partial charge < -0.3 is 15.4 Å². The van der Waals surface area contributed by atoms with Gasteiger partial charge >= 0.3 is 6.55 Å². The fraction of sp³-hybridized carbons (Fsp3) is 0.778. The molecule has 11 heteroatoms. The summed E-state index contributed by atoms with van der Waals surface area (Å²) in [6.07, 6.45) is 3.18. The topological polar surface area (TPSA) is 76.6 Å². The first-order valence-corrected chi connectivity index (χ1v) is 9.42. The van der Waals surface area contributed by atoms with Gasteiger partial charge in [-0.1, -0.05) is 13.8 Å². The molecule has 1 amide bonds. The molecular weight excluding hydrogens is 427 g/mol. The van der Waals surface area contributed by atoms with E-state index >= 15 is 0 Å². The molecule has 29 heavy (non-hydrogen) atoms. The average molecular weight is 458 g/mol. The molecule has 2 N–H and O–H groups in total. The van der Waals surface area contributed by atoms with Crippen molar-refractivity contribution in [3.8, 4) is 0 Å². The summed E-state index contributed by atoms with van der Waals surface area (Å²) in [5, 5.41) is 0. The number of hydrogen-bond donors (Lipinski definition) is 1. The molecule has 1 aliphatic heterocycles. The minimum absolute atomic E-state index is 0. The monoisotopic (exact) mass is 457 g/mol. The lowest BCUT2D eigenvalue weighted by Crippen LogP contribution is -2.76. The van der Waals surface area contributed by atoms with Crippen LogP contribution in [0.25, 0.3) is 0 Å². The van der Waals surface area contributed by atoms with Gasteiger partial charge in [-0.3, -0.25) is 14.3 Å². The maximum absolute atomic E-state index is 13.0. The Morgan fingerprint density at radius 3 is 2.45 bits per heavy atom. The van der Waals surface area contributed by atoms with Crippen molar-refractivity contribution in [3.63, 3.8) is 0 Å². The summed E-state index contributed by atoms with van der Waals surface area (Å²) in [7, 11) is 0. The first-order valence-electron chi connectivity index (χ1n) is 9.42. The Kier molecular flexibility index (Phi) is 8.86. The van der Waals surface area contributed by atoms with Gasteiger partial charge in [0.15, 0.2) is 0 Å². The number of hydrogen-bond acceptors (Lipinski definition) is 5. The predicted molar refractivity (Wildman–Crippen MR) is 111 cm³/mol. The smallest absolute Gasteiger partial charge is 0.319 e. The van der Waals surface area contributed by atoms with Gasteiger partial charge in [-0.25, -0.2) is 4.98 Å². The van der Waals surface area contributed by atoms with Crippen LogP contribution in [0.1, 0.15) is 39.6 Å². The zero-order chi connectivity index (χ0) is 19.8. The number of rotatable bonds is 6. The Morgan fingerprint density at radius 2 is 1.93 bits per heavy atom. The molecule has 1 saturated carbocycles. The van der Waals surface area contributed by atoms with E-state index in [0.717, 1.165) is 4.57 Å². The molecule has 2 aliphatic rings. The number of ether oxygens (including phenoxy) is 1. The molecule has 0 spiro atoms. The van der Waals surface area contributed by atoms with Gasteiger partial charge in [0, 0.05) is 57.0 Å². The number of amides is 1.